The molecule has 2 saturated carbocycles. The summed E-state index contributed by atoms with van der Waals surface area (Å²) in [6.45, 7) is 6.77. The molecule has 2 amide bonds. The fourth-order valence-corrected chi connectivity index (χ4v) is 4.28. The number of hydrogen-bond acceptors (Lipinski definition) is 3. The number of methoxy groups -OCH3 is 1. The van der Waals surface area contributed by atoms with Crippen LogP contribution in [-0.4, -0.2) is 56.4 Å². The van der Waals surface area contributed by atoms with Crippen LogP contribution in [0.3, 0.4) is 0 Å². The van der Waals surface area contributed by atoms with Crippen LogP contribution in [0.1, 0.15) is 63.8 Å². The molecule has 4 rings (SSSR count). The first kappa shape index (κ1) is 19.9. The molecule has 5 nitrogen and oxygen atoms in total. The first-order valence-electron chi connectivity index (χ1n) is 9.88. The van der Waals surface area contributed by atoms with Gasteiger partial charge in [-0.05, 0) is 44.2 Å². The Hall–Kier alpha value is -1.82. The Kier molecular flexibility index (Phi) is 5.39. The van der Waals surface area contributed by atoms with Crippen molar-refractivity contribution in [3.05, 3.63) is 29.3 Å². The quantitative estimate of drug-likeness (QED) is 0.824. The van der Waals surface area contributed by atoms with Gasteiger partial charge in [0.1, 0.15) is 7.85 Å². The topological polar surface area (TPSA) is 58.6 Å². The molecule has 146 valence electrons. The van der Waals surface area contributed by atoms with E-state index in [0.29, 0.717) is 17.6 Å². The Morgan fingerprint density at radius 2 is 2.04 bits per heavy atom. The summed E-state index contributed by atoms with van der Waals surface area (Å²) in [5, 5.41) is 3.02. The highest BCUT2D eigenvalue weighted by molar-refractivity contribution is 6.32. The summed E-state index contributed by atoms with van der Waals surface area (Å²) in [5.41, 5.74) is 2.32. The zero-order valence-electron chi connectivity index (χ0n) is 16.8. The number of nitrogens with one attached hydrogen (secondary N) is 1. The molecule has 0 unspecified atom stereocenters. The van der Waals surface area contributed by atoms with Gasteiger partial charge in [-0.1, -0.05) is 31.4 Å². The van der Waals surface area contributed by atoms with Crippen molar-refractivity contribution < 1.29 is 15.8 Å². The van der Waals surface area contributed by atoms with E-state index in [-0.39, 0.29) is 36.8 Å². The van der Waals surface area contributed by atoms with Gasteiger partial charge < -0.3 is 15.0 Å². The van der Waals surface area contributed by atoms with E-state index in [4.69, 9.17) is 12.6 Å². The first-order valence-corrected chi connectivity index (χ1v) is 9.88. The van der Waals surface area contributed by atoms with E-state index in [1.807, 2.05) is 26.8 Å². The third-order valence-corrected chi connectivity index (χ3v) is 6.03. The fraction of sp³-hybridized carbons (Fsp3) is 0.619. The summed E-state index contributed by atoms with van der Waals surface area (Å²) in [4.78, 5) is 26.9. The Morgan fingerprint density at radius 3 is 2.63 bits per heavy atom. The average molecular weight is 370 g/mol. The van der Waals surface area contributed by atoms with Gasteiger partial charge in [0, 0.05) is 32.1 Å². The van der Waals surface area contributed by atoms with Gasteiger partial charge >= 0.3 is 0 Å². The molecule has 1 heterocycles. The van der Waals surface area contributed by atoms with Crippen LogP contribution in [0.2, 0.25) is 0 Å². The molecular formula is C21H31BN2O3. The Labute approximate surface area is 164 Å². The Morgan fingerprint density at radius 1 is 1.37 bits per heavy atom. The lowest BCUT2D eigenvalue weighted by Crippen LogP contribution is -2.56. The molecule has 0 aromatic heterocycles. The molecule has 2 radical (unpaired) electrons. The monoisotopic (exact) mass is 370 g/mol. The molecule has 0 atom stereocenters. The smallest absolute Gasteiger partial charge is 0.254 e. The zero-order chi connectivity index (χ0) is 19.8. The van der Waals surface area contributed by atoms with E-state index in [1.54, 1.807) is 24.1 Å². The highest BCUT2D eigenvalue weighted by Gasteiger charge is 2.51. The molecule has 1 aromatic rings. The molecular weight excluding hydrogens is 339 g/mol. The van der Waals surface area contributed by atoms with Gasteiger partial charge in [-0.3, -0.25) is 9.59 Å². The molecule has 1 aromatic carbocycles. The molecule has 0 saturated heterocycles. The summed E-state index contributed by atoms with van der Waals surface area (Å²) in [7, 11) is 7.60. The molecule has 1 spiro atoms. The third-order valence-electron chi connectivity index (χ3n) is 6.03. The molecule has 1 aliphatic heterocycles. The number of fused-ring (bicyclic) bond motifs is 2. The maximum Gasteiger partial charge on any atom is 0.254 e. The number of hydrogen-bond donors (Lipinski definition) is 1. The standard InChI is InChI=1S/C19H23BN2O3.C2H6.H2/c1-18(25-2)8-13(9-18)21-16(23)10-22-11-19(5-6-19)15-7-12(20)3-4-14(15)17(22)24;1-2;/h3-4,7,13H,5-6,8-11H2,1-2H3,(H,21,23);1-2H3;1H. The van der Waals surface area contributed by atoms with Gasteiger partial charge in [0.15, 0.2) is 0 Å². The molecule has 2 aliphatic carbocycles. The second kappa shape index (κ2) is 7.31. The van der Waals surface area contributed by atoms with Gasteiger partial charge in [0.25, 0.3) is 5.91 Å². The first-order chi connectivity index (χ1) is 12.8. The van der Waals surface area contributed by atoms with Gasteiger partial charge in [0.2, 0.25) is 5.91 Å². The van der Waals surface area contributed by atoms with Crippen LogP contribution >= 0.6 is 0 Å². The largest absolute Gasteiger partial charge is 0.378 e. The van der Waals surface area contributed by atoms with Crippen LogP contribution in [-0.2, 0) is 14.9 Å². The van der Waals surface area contributed by atoms with Crippen LogP contribution in [0.5, 0.6) is 0 Å². The lowest BCUT2D eigenvalue weighted by atomic mass is 9.77. The van der Waals surface area contributed by atoms with Gasteiger partial charge in [0.05, 0.1) is 12.1 Å². The molecule has 2 fully saturated rings. The Bertz CT molecular complexity index is 745. The van der Waals surface area contributed by atoms with Crippen LogP contribution in [0, 0.1) is 0 Å². The van der Waals surface area contributed by atoms with E-state index < -0.39 is 0 Å². The second-order valence-electron chi connectivity index (χ2n) is 8.07. The maximum absolute atomic E-state index is 12.8. The summed E-state index contributed by atoms with van der Waals surface area (Å²) in [6, 6.07) is 5.63. The zero-order valence-corrected chi connectivity index (χ0v) is 16.8. The van der Waals surface area contributed by atoms with Crippen molar-refractivity contribution in [2.45, 2.75) is 63.5 Å². The fourth-order valence-electron chi connectivity index (χ4n) is 4.28. The van der Waals surface area contributed by atoms with Crippen molar-refractivity contribution in [2.75, 3.05) is 20.2 Å². The SMILES string of the molecule is CC.[B]c1ccc2c(c1)C1(CC1)CN(CC(=O)NC1CC(C)(OC)C1)C2=O.[HH]. The number of benzene rings is 1. The minimum Gasteiger partial charge on any atom is -0.378 e. The summed E-state index contributed by atoms with van der Waals surface area (Å²) in [5.74, 6) is -0.163. The number of rotatable bonds is 4. The van der Waals surface area contributed by atoms with Gasteiger partial charge in [-0.15, -0.1) is 0 Å². The maximum atomic E-state index is 12.8. The number of carbonyl (C=O) groups excluding carboxylic acids is 2. The van der Waals surface area contributed by atoms with E-state index in [1.165, 1.54) is 0 Å². The summed E-state index contributed by atoms with van der Waals surface area (Å²) in [6.07, 6.45) is 3.72. The summed E-state index contributed by atoms with van der Waals surface area (Å²) >= 11 is 0. The van der Waals surface area contributed by atoms with Crippen LogP contribution in [0.4, 0.5) is 0 Å². The number of amides is 2. The van der Waals surface area contributed by atoms with Crippen molar-refractivity contribution in [3.63, 3.8) is 0 Å². The lowest BCUT2D eigenvalue weighted by molar-refractivity contribution is -0.127. The molecule has 1 N–H and O–H groups in total. The van der Waals surface area contributed by atoms with E-state index in [9.17, 15) is 9.59 Å². The lowest BCUT2D eigenvalue weighted by Gasteiger charge is -2.44. The normalized spacial score (nSPS) is 27.2. The van der Waals surface area contributed by atoms with Crippen LogP contribution in [0.15, 0.2) is 18.2 Å². The predicted molar refractivity (Wildman–Crippen MR) is 109 cm³/mol. The van der Waals surface area contributed by atoms with Crippen molar-refractivity contribution in [2.24, 2.45) is 0 Å². The van der Waals surface area contributed by atoms with Crippen molar-refractivity contribution in [3.8, 4) is 0 Å². The summed E-state index contributed by atoms with van der Waals surface area (Å²) < 4.78 is 5.41. The van der Waals surface area contributed by atoms with Crippen molar-refractivity contribution in [1.82, 2.24) is 10.2 Å². The van der Waals surface area contributed by atoms with E-state index in [0.717, 1.165) is 31.2 Å². The van der Waals surface area contributed by atoms with E-state index >= 15 is 0 Å². The highest BCUT2D eigenvalue weighted by atomic mass is 16.5. The predicted octanol–water partition coefficient (Wildman–Crippen LogP) is 1.92. The number of carbonyl (C=O) groups is 2. The molecule has 6 heteroatoms. The second-order valence-corrected chi connectivity index (χ2v) is 8.07. The van der Waals surface area contributed by atoms with Crippen LogP contribution < -0.4 is 10.8 Å². The molecule has 3 aliphatic rings. The average Bonchev–Trinajstić information content (AvgIpc) is 3.40. The van der Waals surface area contributed by atoms with Crippen molar-refractivity contribution in [1.29, 1.82) is 0 Å². The van der Waals surface area contributed by atoms with Crippen molar-refractivity contribution >= 4 is 25.1 Å². The van der Waals surface area contributed by atoms with E-state index in [2.05, 4.69) is 5.32 Å². The molecule has 0 bridgehead atoms. The number of nitrogens with zero attached hydrogens (tertiary/aromatic N) is 1. The van der Waals surface area contributed by atoms with Gasteiger partial charge in [-0.25, -0.2) is 0 Å². The molecule has 27 heavy (non-hydrogen) atoms. The highest BCUT2D eigenvalue weighted by Crippen LogP contribution is 2.52. The Balaban J connectivity index is 0.000000906. The minimum absolute atomic E-state index is 0. The van der Waals surface area contributed by atoms with Gasteiger partial charge in [-0.2, -0.15) is 0 Å². The van der Waals surface area contributed by atoms with Crippen LogP contribution in [0.25, 0.3) is 0 Å². The minimum atomic E-state index is -0.129. The number of ether oxygens (including phenoxy) is 1. The third kappa shape index (κ3) is 3.77.